The number of benzene rings is 1. The third-order valence-corrected chi connectivity index (χ3v) is 5.10. The van der Waals surface area contributed by atoms with Gasteiger partial charge in [-0.1, -0.05) is 25.0 Å². The van der Waals surface area contributed by atoms with Crippen LogP contribution in [0.3, 0.4) is 0 Å². The fourth-order valence-corrected chi connectivity index (χ4v) is 4.05. The van der Waals surface area contributed by atoms with E-state index >= 15 is 0 Å². The lowest BCUT2D eigenvalue weighted by Gasteiger charge is -2.10. The van der Waals surface area contributed by atoms with Gasteiger partial charge in [-0.25, -0.2) is 4.39 Å². The highest BCUT2D eigenvalue weighted by Crippen LogP contribution is 2.62. The Morgan fingerprint density at radius 3 is 2.47 bits per heavy atom. The molecule has 17 heavy (non-hydrogen) atoms. The third-order valence-electron chi connectivity index (χ3n) is 4.56. The fourth-order valence-electron chi connectivity index (χ4n) is 3.54. The second-order valence-corrected chi connectivity index (χ2v) is 6.07. The quantitative estimate of drug-likeness (QED) is 0.660. The van der Waals surface area contributed by atoms with Crippen molar-refractivity contribution in [3.63, 3.8) is 0 Å². The van der Waals surface area contributed by atoms with E-state index in [-0.39, 0.29) is 11.2 Å². The Labute approximate surface area is 107 Å². The van der Waals surface area contributed by atoms with E-state index in [0.717, 1.165) is 17.4 Å². The first-order valence-electron chi connectivity index (χ1n) is 6.58. The van der Waals surface area contributed by atoms with Gasteiger partial charge in [-0.05, 0) is 54.7 Å². The van der Waals surface area contributed by atoms with Crippen LogP contribution >= 0.6 is 11.6 Å². The SMILES string of the molecule is Cc1cc(C(Cl)C2C3CCCCC32)ccc1F. The average Bonchev–Trinajstić information content (AvgIpc) is 3.06. The van der Waals surface area contributed by atoms with Crippen LogP contribution in [0.15, 0.2) is 18.2 Å². The number of aryl methyl sites for hydroxylation is 1. The van der Waals surface area contributed by atoms with Crippen LogP contribution in [-0.4, -0.2) is 0 Å². The minimum Gasteiger partial charge on any atom is -0.207 e. The highest BCUT2D eigenvalue weighted by molar-refractivity contribution is 6.21. The zero-order chi connectivity index (χ0) is 12.0. The van der Waals surface area contributed by atoms with Crippen molar-refractivity contribution in [2.24, 2.45) is 17.8 Å². The molecule has 2 aliphatic rings. The molecule has 3 unspecified atom stereocenters. The summed E-state index contributed by atoms with van der Waals surface area (Å²) in [6, 6.07) is 5.31. The molecule has 2 fully saturated rings. The van der Waals surface area contributed by atoms with Crippen LogP contribution in [0.4, 0.5) is 4.39 Å². The van der Waals surface area contributed by atoms with E-state index in [2.05, 4.69) is 0 Å². The van der Waals surface area contributed by atoms with Gasteiger partial charge < -0.3 is 0 Å². The van der Waals surface area contributed by atoms with Gasteiger partial charge in [-0.15, -0.1) is 11.6 Å². The molecular weight excluding hydrogens is 235 g/mol. The maximum Gasteiger partial charge on any atom is 0.126 e. The van der Waals surface area contributed by atoms with Crippen molar-refractivity contribution >= 4 is 11.6 Å². The van der Waals surface area contributed by atoms with E-state index < -0.39 is 0 Å². The lowest BCUT2D eigenvalue weighted by molar-refractivity contribution is 0.480. The van der Waals surface area contributed by atoms with E-state index in [1.54, 1.807) is 6.07 Å². The molecule has 0 heterocycles. The minimum absolute atomic E-state index is 0.0856. The molecule has 1 aromatic carbocycles. The van der Waals surface area contributed by atoms with Gasteiger partial charge in [0.1, 0.15) is 5.82 Å². The van der Waals surface area contributed by atoms with Crippen molar-refractivity contribution in [2.75, 3.05) is 0 Å². The summed E-state index contributed by atoms with van der Waals surface area (Å²) < 4.78 is 13.2. The van der Waals surface area contributed by atoms with Gasteiger partial charge in [-0.2, -0.15) is 0 Å². The van der Waals surface area contributed by atoms with Gasteiger partial charge in [-0.3, -0.25) is 0 Å². The minimum atomic E-state index is -0.133. The van der Waals surface area contributed by atoms with E-state index in [0.29, 0.717) is 11.5 Å². The molecule has 2 aliphatic carbocycles. The molecule has 3 atom stereocenters. The van der Waals surface area contributed by atoms with Gasteiger partial charge >= 0.3 is 0 Å². The number of fused-ring (bicyclic) bond motifs is 1. The average molecular weight is 253 g/mol. The number of hydrogen-bond acceptors (Lipinski definition) is 0. The Hall–Kier alpha value is -0.560. The summed E-state index contributed by atoms with van der Waals surface area (Å²) >= 11 is 6.58. The van der Waals surface area contributed by atoms with Gasteiger partial charge in [0, 0.05) is 0 Å². The summed E-state index contributed by atoms with van der Waals surface area (Å²) in [6.45, 7) is 1.81. The van der Waals surface area contributed by atoms with Gasteiger partial charge in [0.25, 0.3) is 0 Å². The van der Waals surface area contributed by atoms with Crippen LogP contribution < -0.4 is 0 Å². The second kappa shape index (κ2) is 4.28. The van der Waals surface area contributed by atoms with Crippen LogP contribution in [0.5, 0.6) is 0 Å². The fraction of sp³-hybridized carbons (Fsp3) is 0.600. The molecule has 1 aromatic rings. The summed E-state index contributed by atoms with van der Waals surface area (Å²) in [6.07, 6.45) is 5.42. The van der Waals surface area contributed by atoms with E-state index in [9.17, 15) is 4.39 Å². The predicted octanol–water partition coefficient (Wildman–Crippen LogP) is 4.85. The molecule has 2 saturated carbocycles. The molecule has 92 valence electrons. The lowest BCUT2D eigenvalue weighted by atomic mass is 10.0. The Kier molecular flexibility index (Phi) is 2.90. The smallest absolute Gasteiger partial charge is 0.126 e. The normalized spacial score (nSPS) is 33.0. The highest BCUT2D eigenvalue weighted by Gasteiger charge is 2.53. The van der Waals surface area contributed by atoms with E-state index in [1.807, 2.05) is 19.1 Å². The van der Waals surface area contributed by atoms with E-state index in [4.69, 9.17) is 11.6 Å². The molecule has 0 aliphatic heterocycles. The molecule has 0 nitrogen and oxygen atoms in total. The maximum atomic E-state index is 13.2. The van der Waals surface area contributed by atoms with Crippen LogP contribution in [0.25, 0.3) is 0 Å². The largest absolute Gasteiger partial charge is 0.207 e. The van der Waals surface area contributed by atoms with Gasteiger partial charge in [0.15, 0.2) is 0 Å². The zero-order valence-corrected chi connectivity index (χ0v) is 10.9. The standard InChI is InChI=1S/C15H18ClF/c1-9-8-10(6-7-13(9)17)15(16)14-11-4-2-3-5-12(11)14/h6-8,11-12,14-15H,2-5H2,1H3. The van der Waals surface area contributed by atoms with Crippen LogP contribution in [0, 0.1) is 30.5 Å². The number of alkyl halides is 1. The van der Waals surface area contributed by atoms with Crippen LogP contribution in [0.2, 0.25) is 0 Å². The Bertz CT molecular complexity index is 417. The van der Waals surface area contributed by atoms with Crippen molar-refractivity contribution < 1.29 is 4.39 Å². The maximum absolute atomic E-state index is 13.2. The van der Waals surface area contributed by atoms with Gasteiger partial charge in [0.05, 0.1) is 5.38 Å². The number of halogens is 2. The first kappa shape index (κ1) is 11.5. The monoisotopic (exact) mass is 252 g/mol. The molecule has 0 radical (unpaired) electrons. The molecule has 0 N–H and O–H groups in total. The second-order valence-electron chi connectivity index (χ2n) is 5.60. The molecular formula is C15H18ClF. The molecule has 3 rings (SSSR count). The van der Waals surface area contributed by atoms with Gasteiger partial charge in [0.2, 0.25) is 0 Å². The zero-order valence-electron chi connectivity index (χ0n) is 10.1. The Morgan fingerprint density at radius 2 is 1.88 bits per heavy atom. The van der Waals surface area contributed by atoms with Crippen LogP contribution in [-0.2, 0) is 0 Å². The van der Waals surface area contributed by atoms with Crippen LogP contribution in [0.1, 0.15) is 42.2 Å². The number of rotatable bonds is 2. The summed E-state index contributed by atoms with van der Waals surface area (Å²) in [5, 5.41) is 0.0856. The van der Waals surface area contributed by atoms with E-state index in [1.165, 1.54) is 25.7 Å². The van der Waals surface area contributed by atoms with Crippen molar-refractivity contribution in [1.82, 2.24) is 0 Å². The molecule has 0 spiro atoms. The predicted molar refractivity (Wildman–Crippen MR) is 68.7 cm³/mol. The first-order valence-corrected chi connectivity index (χ1v) is 7.02. The summed E-state index contributed by atoms with van der Waals surface area (Å²) in [5.74, 6) is 2.20. The Balaban J connectivity index is 1.78. The van der Waals surface area contributed by atoms with Crippen molar-refractivity contribution in [1.29, 1.82) is 0 Å². The third kappa shape index (κ3) is 1.99. The molecule has 0 amide bonds. The Morgan fingerprint density at radius 1 is 1.24 bits per heavy atom. The summed E-state index contributed by atoms with van der Waals surface area (Å²) in [5.41, 5.74) is 1.81. The molecule has 0 aromatic heterocycles. The first-order chi connectivity index (χ1) is 8.18. The van der Waals surface area contributed by atoms with Crippen molar-refractivity contribution in [3.05, 3.63) is 35.1 Å². The van der Waals surface area contributed by atoms with Crippen molar-refractivity contribution in [3.8, 4) is 0 Å². The molecule has 0 saturated heterocycles. The highest BCUT2D eigenvalue weighted by atomic mass is 35.5. The lowest BCUT2D eigenvalue weighted by Crippen LogP contribution is -1.97. The number of hydrogen-bond donors (Lipinski definition) is 0. The molecule has 2 heteroatoms. The van der Waals surface area contributed by atoms with Crippen molar-refractivity contribution in [2.45, 2.75) is 38.0 Å². The molecule has 0 bridgehead atoms. The summed E-state index contributed by atoms with van der Waals surface area (Å²) in [7, 11) is 0. The summed E-state index contributed by atoms with van der Waals surface area (Å²) in [4.78, 5) is 0. The topological polar surface area (TPSA) is 0 Å².